The molecule has 5 rings (SSSR count). The lowest BCUT2D eigenvalue weighted by Crippen LogP contribution is -2.35. The minimum Gasteiger partial charge on any atom is -0.497 e. The fourth-order valence-corrected chi connectivity index (χ4v) is 4.49. The van der Waals surface area contributed by atoms with Gasteiger partial charge in [-0.1, -0.05) is 12.1 Å². The number of anilines is 1. The minimum atomic E-state index is -0.240. The molecule has 3 aromatic rings. The number of hydrogen-bond donors (Lipinski definition) is 1. The van der Waals surface area contributed by atoms with Gasteiger partial charge >= 0.3 is 0 Å². The lowest BCUT2D eigenvalue weighted by atomic mass is 10.0. The van der Waals surface area contributed by atoms with Crippen molar-refractivity contribution in [2.75, 3.05) is 38.2 Å². The Kier molecular flexibility index (Phi) is 4.47. The first-order valence-corrected chi connectivity index (χ1v) is 10.1. The molecule has 2 fully saturated rings. The molecule has 1 unspecified atom stereocenters. The molecule has 0 amide bonds. The molecule has 1 N–H and O–H groups in total. The van der Waals surface area contributed by atoms with Gasteiger partial charge in [-0.3, -0.25) is 4.90 Å². The van der Waals surface area contributed by atoms with Crippen LogP contribution in [0.1, 0.15) is 24.4 Å². The second-order valence-electron chi connectivity index (χ2n) is 8.18. The van der Waals surface area contributed by atoms with Gasteiger partial charge < -0.3 is 19.4 Å². The largest absolute Gasteiger partial charge is 0.497 e. The predicted molar refractivity (Wildman–Crippen MR) is 111 cm³/mol. The molecule has 1 saturated heterocycles. The Balaban J connectivity index is 1.42. The maximum atomic E-state index is 12.1. The molecule has 7 heteroatoms. The highest BCUT2D eigenvalue weighted by atomic mass is 16.5. The second-order valence-corrected chi connectivity index (χ2v) is 8.18. The van der Waals surface area contributed by atoms with Gasteiger partial charge in [-0.25, -0.2) is 9.97 Å². The van der Waals surface area contributed by atoms with Crippen molar-refractivity contribution in [1.82, 2.24) is 19.9 Å². The summed E-state index contributed by atoms with van der Waals surface area (Å²) in [6, 6.07) is 9.63. The topological polar surface area (TPSA) is 74.3 Å². The van der Waals surface area contributed by atoms with E-state index in [4.69, 9.17) is 4.74 Å². The molecule has 29 heavy (non-hydrogen) atoms. The average Bonchev–Trinajstić information content (AvgIpc) is 3.39. The van der Waals surface area contributed by atoms with Crippen LogP contribution in [-0.4, -0.2) is 59.4 Å². The Labute approximate surface area is 169 Å². The van der Waals surface area contributed by atoms with Crippen molar-refractivity contribution in [2.24, 2.45) is 5.41 Å². The van der Waals surface area contributed by atoms with E-state index in [0.29, 0.717) is 0 Å². The van der Waals surface area contributed by atoms with Crippen LogP contribution in [0.4, 0.5) is 5.82 Å². The molecule has 1 spiro atoms. The minimum absolute atomic E-state index is 0.234. The Morgan fingerprint density at radius 3 is 2.69 bits per heavy atom. The van der Waals surface area contributed by atoms with Gasteiger partial charge in [-0.15, -0.1) is 0 Å². The fraction of sp³-hybridized carbons (Fsp3) is 0.409. The fourth-order valence-electron chi connectivity index (χ4n) is 4.49. The third-order valence-electron chi connectivity index (χ3n) is 6.29. The molecule has 1 atom stereocenters. The number of nitrogens with zero attached hydrogens (tertiary/aromatic N) is 4. The SMILES string of the molecule is COc1ccc(C(C=O)N2CCN(c3ncnc4[nH]ccc34)CC3(CC3)C2)cc1. The number of aldehydes is 1. The number of carbonyl (C=O) groups excluding carboxylic acids is 1. The quantitative estimate of drug-likeness (QED) is 0.674. The highest BCUT2D eigenvalue weighted by molar-refractivity contribution is 5.87. The molecule has 2 aromatic heterocycles. The van der Waals surface area contributed by atoms with E-state index < -0.39 is 0 Å². The number of aromatic amines is 1. The van der Waals surface area contributed by atoms with Crippen molar-refractivity contribution in [3.05, 3.63) is 48.4 Å². The maximum absolute atomic E-state index is 12.1. The Morgan fingerprint density at radius 2 is 1.97 bits per heavy atom. The van der Waals surface area contributed by atoms with Crippen molar-refractivity contribution >= 4 is 23.1 Å². The highest BCUT2D eigenvalue weighted by Crippen LogP contribution is 2.49. The number of nitrogens with one attached hydrogen (secondary N) is 1. The van der Waals surface area contributed by atoms with Crippen molar-refractivity contribution in [3.8, 4) is 5.75 Å². The van der Waals surface area contributed by atoms with Crippen LogP contribution in [-0.2, 0) is 4.79 Å². The van der Waals surface area contributed by atoms with E-state index in [9.17, 15) is 4.79 Å². The van der Waals surface area contributed by atoms with Crippen molar-refractivity contribution in [1.29, 1.82) is 0 Å². The molecule has 1 saturated carbocycles. The third kappa shape index (κ3) is 3.35. The first-order chi connectivity index (χ1) is 14.2. The van der Waals surface area contributed by atoms with Crippen LogP contribution in [0.25, 0.3) is 11.0 Å². The van der Waals surface area contributed by atoms with E-state index in [1.807, 2.05) is 36.5 Å². The van der Waals surface area contributed by atoms with Gasteiger partial charge in [0.15, 0.2) is 0 Å². The summed E-state index contributed by atoms with van der Waals surface area (Å²) in [6.07, 6.45) is 6.99. The normalized spacial score (nSPS) is 19.8. The molecule has 1 aromatic carbocycles. The molecule has 0 bridgehead atoms. The number of hydrogen-bond acceptors (Lipinski definition) is 6. The molecular weight excluding hydrogens is 366 g/mol. The van der Waals surface area contributed by atoms with E-state index in [-0.39, 0.29) is 11.5 Å². The number of ether oxygens (including phenoxy) is 1. The number of H-pyrrole nitrogens is 1. The molecule has 1 aliphatic heterocycles. The summed E-state index contributed by atoms with van der Waals surface area (Å²) in [4.78, 5) is 28.9. The Morgan fingerprint density at radius 1 is 1.14 bits per heavy atom. The van der Waals surface area contributed by atoms with Crippen LogP contribution < -0.4 is 9.64 Å². The molecule has 3 heterocycles. The van der Waals surface area contributed by atoms with E-state index in [0.717, 1.165) is 60.6 Å². The highest BCUT2D eigenvalue weighted by Gasteiger charge is 2.48. The maximum Gasteiger partial charge on any atom is 0.142 e. The first-order valence-electron chi connectivity index (χ1n) is 10.1. The van der Waals surface area contributed by atoms with Crippen LogP contribution in [0.3, 0.4) is 0 Å². The summed E-state index contributed by atoms with van der Waals surface area (Å²) >= 11 is 0. The molecule has 1 aliphatic carbocycles. The van der Waals surface area contributed by atoms with E-state index in [1.54, 1.807) is 13.4 Å². The number of fused-ring (bicyclic) bond motifs is 1. The zero-order chi connectivity index (χ0) is 19.8. The van der Waals surface area contributed by atoms with Crippen molar-refractivity contribution in [2.45, 2.75) is 18.9 Å². The van der Waals surface area contributed by atoms with Crippen LogP contribution in [0.15, 0.2) is 42.9 Å². The molecule has 0 radical (unpaired) electrons. The van der Waals surface area contributed by atoms with Gasteiger partial charge in [0, 0.05) is 37.8 Å². The monoisotopic (exact) mass is 391 g/mol. The standard InChI is InChI=1S/C22H25N5O2/c1-29-17-4-2-16(3-5-17)19(12-28)26-10-11-27(14-22(13-26)7-8-22)21-18-6-9-23-20(18)24-15-25-21/h2-6,9,12,15,19H,7-8,10-11,13-14H2,1H3,(H,23,24,25). The van der Waals surface area contributed by atoms with Gasteiger partial charge in [-0.05, 0) is 36.6 Å². The number of rotatable bonds is 5. The van der Waals surface area contributed by atoms with Gasteiger partial charge in [0.25, 0.3) is 0 Å². The number of benzene rings is 1. The molecular formula is C22H25N5O2. The summed E-state index contributed by atoms with van der Waals surface area (Å²) in [7, 11) is 1.65. The number of carbonyl (C=O) groups is 1. The van der Waals surface area contributed by atoms with E-state index in [1.165, 1.54) is 12.8 Å². The van der Waals surface area contributed by atoms with Crippen molar-refractivity contribution in [3.63, 3.8) is 0 Å². The van der Waals surface area contributed by atoms with Gasteiger partial charge in [-0.2, -0.15) is 0 Å². The summed E-state index contributed by atoms with van der Waals surface area (Å²) in [5, 5.41) is 1.05. The first kappa shape index (κ1) is 18.1. The lowest BCUT2D eigenvalue weighted by molar-refractivity contribution is -0.112. The van der Waals surface area contributed by atoms with E-state index in [2.05, 4.69) is 24.8 Å². The van der Waals surface area contributed by atoms with Crippen LogP contribution in [0.5, 0.6) is 5.75 Å². The third-order valence-corrected chi connectivity index (χ3v) is 6.29. The second kappa shape index (κ2) is 7.15. The molecule has 7 nitrogen and oxygen atoms in total. The van der Waals surface area contributed by atoms with Gasteiger partial charge in [0.05, 0.1) is 18.5 Å². The molecule has 150 valence electrons. The van der Waals surface area contributed by atoms with Crippen LogP contribution in [0, 0.1) is 5.41 Å². The van der Waals surface area contributed by atoms with Crippen LogP contribution >= 0.6 is 0 Å². The Hall–Kier alpha value is -2.93. The summed E-state index contributed by atoms with van der Waals surface area (Å²) < 4.78 is 5.26. The van der Waals surface area contributed by atoms with Gasteiger partial charge in [0.1, 0.15) is 29.8 Å². The van der Waals surface area contributed by atoms with Crippen LogP contribution in [0.2, 0.25) is 0 Å². The van der Waals surface area contributed by atoms with Gasteiger partial charge in [0.2, 0.25) is 0 Å². The summed E-state index contributed by atoms with van der Waals surface area (Å²) in [5.74, 6) is 1.79. The van der Waals surface area contributed by atoms with Crippen molar-refractivity contribution < 1.29 is 9.53 Å². The van der Waals surface area contributed by atoms with E-state index >= 15 is 0 Å². The number of methoxy groups -OCH3 is 1. The predicted octanol–water partition coefficient (Wildman–Crippen LogP) is 2.81. The molecule has 2 aliphatic rings. The Bertz CT molecular complexity index is 1010. The summed E-state index contributed by atoms with van der Waals surface area (Å²) in [6.45, 7) is 3.54. The lowest BCUT2D eigenvalue weighted by Gasteiger charge is -2.29. The summed E-state index contributed by atoms with van der Waals surface area (Å²) in [5.41, 5.74) is 2.11. The smallest absolute Gasteiger partial charge is 0.142 e. The zero-order valence-electron chi connectivity index (χ0n) is 16.5. The number of aromatic nitrogens is 3. The zero-order valence-corrected chi connectivity index (χ0v) is 16.5. The average molecular weight is 391 g/mol.